The first kappa shape index (κ1) is 17.1. The summed E-state index contributed by atoms with van der Waals surface area (Å²) >= 11 is 0. The Morgan fingerprint density at radius 3 is 1.75 bits per heavy atom. The topological polar surface area (TPSA) is 71.5 Å². The average molecular weight is 323 g/mol. The van der Waals surface area contributed by atoms with Gasteiger partial charge in [0, 0.05) is 13.1 Å². The molecule has 0 saturated heterocycles. The molecule has 0 aliphatic heterocycles. The van der Waals surface area contributed by atoms with Crippen LogP contribution in [0.15, 0.2) is 34.1 Å². The van der Waals surface area contributed by atoms with Gasteiger partial charge in [-0.05, 0) is 37.1 Å². The summed E-state index contributed by atoms with van der Waals surface area (Å²) in [6.07, 6.45) is 1.34. The van der Waals surface area contributed by atoms with Crippen molar-refractivity contribution in [1.82, 2.24) is 4.31 Å². The molecule has 5 nitrogen and oxygen atoms in total. The van der Waals surface area contributed by atoms with Gasteiger partial charge in [0.05, 0.1) is 9.79 Å². The van der Waals surface area contributed by atoms with Gasteiger partial charge in [0.1, 0.15) is 0 Å². The van der Waals surface area contributed by atoms with Gasteiger partial charge in [0.2, 0.25) is 10.0 Å². The van der Waals surface area contributed by atoms with E-state index >= 15 is 0 Å². The molecule has 20 heavy (non-hydrogen) atoms. The van der Waals surface area contributed by atoms with Crippen LogP contribution in [-0.4, -0.2) is 34.2 Å². The third-order valence-corrected chi connectivity index (χ3v) is 6.00. The summed E-state index contributed by atoms with van der Waals surface area (Å²) in [4.78, 5) is -0.610. The van der Waals surface area contributed by atoms with Crippen LogP contribution in [0.3, 0.4) is 0 Å². The van der Waals surface area contributed by atoms with Gasteiger partial charge in [0.15, 0.2) is 0 Å². The van der Waals surface area contributed by atoms with Crippen molar-refractivity contribution < 1.29 is 20.7 Å². The molecule has 0 atom stereocenters. The van der Waals surface area contributed by atoms with Crippen molar-refractivity contribution in [3.63, 3.8) is 0 Å². The number of halogens is 1. The van der Waals surface area contributed by atoms with Crippen LogP contribution in [0.2, 0.25) is 0 Å². The Balaban J connectivity index is 3.17. The largest absolute Gasteiger partial charge is 0.332 e. The number of benzene rings is 1. The summed E-state index contributed by atoms with van der Waals surface area (Å²) in [7, 11) is -7.05. The Kier molecular flexibility index (Phi) is 5.28. The zero-order valence-corrected chi connectivity index (χ0v) is 13.2. The Labute approximate surface area is 119 Å². The third kappa shape index (κ3) is 3.56. The number of sulfonamides is 1. The minimum atomic E-state index is -4.82. The van der Waals surface area contributed by atoms with E-state index in [-0.39, 0.29) is 10.9 Å². The summed E-state index contributed by atoms with van der Waals surface area (Å²) < 4.78 is 60.1. The molecule has 0 bridgehead atoms. The summed E-state index contributed by atoms with van der Waals surface area (Å²) in [6, 6.07) is 3.96. The van der Waals surface area contributed by atoms with Crippen molar-refractivity contribution >= 4 is 20.2 Å². The van der Waals surface area contributed by atoms with E-state index in [2.05, 4.69) is 0 Å². The fourth-order valence-electron chi connectivity index (χ4n) is 1.94. The summed E-state index contributed by atoms with van der Waals surface area (Å²) in [6.45, 7) is 3.78. The van der Waals surface area contributed by atoms with Crippen molar-refractivity contribution in [2.24, 2.45) is 0 Å². The first-order valence-corrected chi connectivity index (χ1v) is 8.99. The Morgan fingerprint density at radius 1 is 1.00 bits per heavy atom. The van der Waals surface area contributed by atoms with Gasteiger partial charge in [-0.2, -0.15) is 12.7 Å². The minimum Gasteiger partial charge on any atom is -0.207 e. The number of hydrogen-bond acceptors (Lipinski definition) is 4. The van der Waals surface area contributed by atoms with Crippen LogP contribution >= 0.6 is 0 Å². The van der Waals surface area contributed by atoms with Crippen molar-refractivity contribution in [1.29, 1.82) is 0 Å². The fourth-order valence-corrected chi connectivity index (χ4v) is 3.90. The van der Waals surface area contributed by atoms with E-state index in [1.165, 1.54) is 11.4 Å². The zero-order chi connectivity index (χ0) is 15.6. The van der Waals surface area contributed by atoms with Crippen LogP contribution in [0.25, 0.3) is 0 Å². The summed E-state index contributed by atoms with van der Waals surface area (Å²) in [5.41, 5.74) is 0. The van der Waals surface area contributed by atoms with Crippen molar-refractivity contribution in [3.05, 3.63) is 24.3 Å². The van der Waals surface area contributed by atoms with E-state index in [4.69, 9.17) is 0 Å². The monoisotopic (exact) mass is 323 g/mol. The molecule has 0 aliphatic carbocycles. The van der Waals surface area contributed by atoms with E-state index in [0.29, 0.717) is 12.8 Å². The number of hydrogen-bond donors (Lipinski definition) is 0. The maximum atomic E-state index is 12.8. The lowest BCUT2D eigenvalue weighted by Gasteiger charge is -2.25. The molecule has 0 heterocycles. The standard InChI is InChI=1S/C12H18FNO4S2/c1-4-10(5-2)14(3)20(17,18)12-8-6-11(7-9-12)19(13,15)16/h6-10H,4-5H2,1-3H3. The fraction of sp³-hybridized carbons (Fsp3) is 0.500. The highest BCUT2D eigenvalue weighted by molar-refractivity contribution is 7.89. The second kappa shape index (κ2) is 6.19. The second-order valence-electron chi connectivity index (χ2n) is 4.40. The molecule has 0 spiro atoms. The molecule has 0 aliphatic rings. The molecular weight excluding hydrogens is 305 g/mol. The third-order valence-electron chi connectivity index (χ3n) is 3.24. The van der Waals surface area contributed by atoms with E-state index in [1.54, 1.807) is 0 Å². The highest BCUT2D eigenvalue weighted by Gasteiger charge is 2.26. The number of rotatable bonds is 6. The average Bonchev–Trinajstić information content (AvgIpc) is 2.39. The van der Waals surface area contributed by atoms with Crippen LogP contribution in [0.1, 0.15) is 26.7 Å². The predicted molar refractivity (Wildman–Crippen MR) is 74.1 cm³/mol. The lowest BCUT2D eigenvalue weighted by atomic mass is 10.2. The van der Waals surface area contributed by atoms with Crippen molar-refractivity contribution in [2.45, 2.75) is 42.5 Å². The van der Waals surface area contributed by atoms with Gasteiger partial charge in [-0.3, -0.25) is 0 Å². The molecular formula is C12H18FNO4S2. The van der Waals surface area contributed by atoms with Crippen LogP contribution in [-0.2, 0) is 20.2 Å². The highest BCUT2D eigenvalue weighted by atomic mass is 32.3. The maximum Gasteiger partial charge on any atom is 0.332 e. The molecule has 114 valence electrons. The van der Waals surface area contributed by atoms with Gasteiger partial charge in [-0.25, -0.2) is 8.42 Å². The van der Waals surface area contributed by atoms with Crippen molar-refractivity contribution in [3.8, 4) is 0 Å². The van der Waals surface area contributed by atoms with Crippen molar-refractivity contribution in [2.75, 3.05) is 7.05 Å². The summed E-state index contributed by atoms with van der Waals surface area (Å²) in [5, 5.41) is 0. The highest BCUT2D eigenvalue weighted by Crippen LogP contribution is 2.21. The molecule has 0 saturated carbocycles. The first-order chi connectivity index (χ1) is 9.14. The van der Waals surface area contributed by atoms with Gasteiger partial charge >= 0.3 is 10.2 Å². The lowest BCUT2D eigenvalue weighted by Crippen LogP contribution is -2.36. The Hall–Kier alpha value is -0.990. The quantitative estimate of drug-likeness (QED) is 0.752. The lowest BCUT2D eigenvalue weighted by molar-refractivity contribution is 0.349. The van der Waals surface area contributed by atoms with Crippen LogP contribution < -0.4 is 0 Å². The molecule has 1 aromatic rings. The second-order valence-corrected chi connectivity index (χ2v) is 7.75. The van der Waals surface area contributed by atoms with E-state index in [0.717, 1.165) is 24.3 Å². The smallest absolute Gasteiger partial charge is 0.207 e. The predicted octanol–water partition coefficient (Wildman–Crippen LogP) is 2.15. The normalized spacial score (nSPS) is 13.1. The minimum absolute atomic E-state index is 0.0562. The zero-order valence-electron chi connectivity index (χ0n) is 11.6. The molecule has 0 aromatic heterocycles. The van der Waals surface area contributed by atoms with E-state index in [9.17, 15) is 20.7 Å². The molecule has 0 unspecified atom stereocenters. The van der Waals surface area contributed by atoms with E-state index in [1.807, 2.05) is 13.8 Å². The van der Waals surface area contributed by atoms with Gasteiger partial charge in [-0.1, -0.05) is 13.8 Å². The van der Waals surface area contributed by atoms with Crippen LogP contribution in [0.4, 0.5) is 3.89 Å². The molecule has 0 amide bonds. The van der Waals surface area contributed by atoms with Crippen LogP contribution in [0.5, 0.6) is 0 Å². The van der Waals surface area contributed by atoms with Gasteiger partial charge < -0.3 is 0 Å². The summed E-state index contributed by atoms with van der Waals surface area (Å²) in [5.74, 6) is 0. The molecule has 1 aromatic carbocycles. The van der Waals surface area contributed by atoms with E-state index < -0.39 is 25.1 Å². The first-order valence-electron chi connectivity index (χ1n) is 6.17. The Bertz CT molecular complexity index is 649. The Morgan fingerprint density at radius 2 is 1.40 bits per heavy atom. The molecule has 0 radical (unpaired) electrons. The van der Waals surface area contributed by atoms with Gasteiger partial charge in [0.25, 0.3) is 0 Å². The number of nitrogens with zero attached hydrogens (tertiary/aromatic N) is 1. The molecule has 1 rings (SSSR count). The SMILES string of the molecule is CCC(CC)N(C)S(=O)(=O)c1ccc(S(=O)(=O)F)cc1. The van der Waals surface area contributed by atoms with Gasteiger partial charge in [-0.15, -0.1) is 3.89 Å². The molecule has 8 heteroatoms. The van der Waals surface area contributed by atoms with Crippen LogP contribution in [0, 0.1) is 0 Å². The molecule has 0 fully saturated rings. The molecule has 0 N–H and O–H groups in total. The maximum absolute atomic E-state index is 12.8.